The van der Waals surface area contributed by atoms with Crippen molar-refractivity contribution in [1.82, 2.24) is 20.1 Å². The molecule has 156 valence electrons. The summed E-state index contributed by atoms with van der Waals surface area (Å²) in [6, 6.07) is 10.5. The maximum Gasteiger partial charge on any atom is 0.229 e. The molecule has 2 N–H and O–H groups in total. The van der Waals surface area contributed by atoms with Crippen molar-refractivity contribution in [3.63, 3.8) is 0 Å². The Morgan fingerprint density at radius 3 is 2.80 bits per heavy atom. The number of halogens is 1. The average Bonchev–Trinajstić information content (AvgIpc) is 3.14. The molecular formula is C21H22FN5O2S. The molecule has 0 spiro atoms. The number of benzene rings is 1. The molecule has 1 aliphatic rings. The number of morpholine rings is 1. The monoisotopic (exact) mass is 427 g/mol. The second kappa shape index (κ2) is 8.85. The highest BCUT2D eigenvalue weighted by molar-refractivity contribution is 7.15. The quantitative estimate of drug-likeness (QED) is 0.673. The number of hydrogen-bond acceptors (Lipinski definition) is 7. The van der Waals surface area contributed by atoms with Crippen molar-refractivity contribution >= 4 is 22.4 Å². The molecule has 1 amide bonds. The lowest BCUT2D eigenvalue weighted by Gasteiger charge is -2.32. The van der Waals surface area contributed by atoms with E-state index in [0.29, 0.717) is 36.3 Å². The van der Waals surface area contributed by atoms with Crippen molar-refractivity contribution in [2.45, 2.75) is 25.9 Å². The summed E-state index contributed by atoms with van der Waals surface area (Å²) in [6.45, 7) is 3.33. The van der Waals surface area contributed by atoms with Crippen LogP contribution in [-0.2, 0) is 22.4 Å². The molecule has 0 radical (unpaired) electrons. The van der Waals surface area contributed by atoms with Gasteiger partial charge in [0.25, 0.3) is 0 Å². The highest BCUT2D eigenvalue weighted by atomic mass is 32.1. The number of nitrogens with zero attached hydrogens (tertiary/aromatic N) is 4. The fourth-order valence-electron chi connectivity index (χ4n) is 3.51. The number of carbonyl (C=O) groups is 1. The van der Waals surface area contributed by atoms with Crippen LogP contribution in [0.3, 0.4) is 0 Å². The molecule has 1 saturated heterocycles. The van der Waals surface area contributed by atoms with E-state index in [1.54, 1.807) is 17.0 Å². The first-order valence-electron chi connectivity index (χ1n) is 9.65. The first kappa shape index (κ1) is 20.4. The van der Waals surface area contributed by atoms with Gasteiger partial charge in [-0.05, 0) is 48.7 Å². The van der Waals surface area contributed by atoms with Gasteiger partial charge in [-0.2, -0.15) is 0 Å². The van der Waals surface area contributed by atoms with E-state index >= 15 is 0 Å². The smallest absolute Gasteiger partial charge is 0.229 e. The van der Waals surface area contributed by atoms with Crippen LogP contribution in [0.15, 0.2) is 36.4 Å². The highest BCUT2D eigenvalue weighted by Crippen LogP contribution is 2.24. The van der Waals surface area contributed by atoms with Gasteiger partial charge >= 0.3 is 0 Å². The zero-order chi connectivity index (χ0) is 21.1. The molecule has 0 saturated carbocycles. The van der Waals surface area contributed by atoms with E-state index in [9.17, 15) is 9.18 Å². The van der Waals surface area contributed by atoms with E-state index < -0.39 is 0 Å². The van der Waals surface area contributed by atoms with Gasteiger partial charge in [-0.25, -0.2) is 4.39 Å². The van der Waals surface area contributed by atoms with Gasteiger partial charge in [0.05, 0.1) is 25.3 Å². The standard InChI is InChI=1S/C21H22FN5O2S/c1-13-8-15(9-14-2-4-16(22)5-3-14)10-17(24-13)18-12-27(6-7-29-18)20(28)11-19-25-26-21(23)30-19/h2-5,8,10,18H,6-7,9,11-12H2,1H3,(H2,23,26)/t18-/m1/s1. The van der Waals surface area contributed by atoms with E-state index in [-0.39, 0.29) is 24.2 Å². The third-order valence-electron chi connectivity index (χ3n) is 4.89. The molecule has 1 atom stereocenters. The summed E-state index contributed by atoms with van der Waals surface area (Å²) in [7, 11) is 0. The zero-order valence-electron chi connectivity index (χ0n) is 16.5. The Morgan fingerprint density at radius 1 is 1.27 bits per heavy atom. The first-order valence-corrected chi connectivity index (χ1v) is 10.5. The van der Waals surface area contributed by atoms with Crippen molar-refractivity contribution < 1.29 is 13.9 Å². The molecule has 7 nitrogen and oxygen atoms in total. The topological polar surface area (TPSA) is 94.2 Å². The molecule has 4 rings (SSSR count). The third-order valence-corrected chi connectivity index (χ3v) is 5.64. The summed E-state index contributed by atoms with van der Waals surface area (Å²) in [6.07, 6.45) is 0.553. The van der Waals surface area contributed by atoms with Crippen molar-refractivity contribution in [3.8, 4) is 0 Å². The van der Waals surface area contributed by atoms with Gasteiger partial charge < -0.3 is 15.4 Å². The summed E-state index contributed by atoms with van der Waals surface area (Å²) in [5.41, 5.74) is 9.36. The molecule has 0 bridgehead atoms. The number of carbonyl (C=O) groups excluding carboxylic acids is 1. The molecule has 2 aromatic heterocycles. The lowest BCUT2D eigenvalue weighted by Crippen LogP contribution is -2.43. The predicted molar refractivity (Wildman–Crippen MR) is 111 cm³/mol. The largest absolute Gasteiger partial charge is 0.374 e. The number of hydrogen-bond donors (Lipinski definition) is 1. The number of anilines is 1. The van der Waals surface area contributed by atoms with Gasteiger partial charge in [0.1, 0.15) is 16.9 Å². The van der Waals surface area contributed by atoms with Gasteiger partial charge in [-0.1, -0.05) is 23.5 Å². The van der Waals surface area contributed by atoms with Crippen LogP contribution in [-0.4, -0.2) is 45.7 Å². The molecule has 1 fully saturated rings. The zero-order valence-corrected chi connectivity index (χ0v) is 17.4. The lowest BCUT2D eigenvalue weighted by molar-refractivity contribution is -0.138. The fourth-order valence-corrected chi connectivity index (χ4v) is 4.11. The lowest BCUT2D eigenvalue weighted by atomic mass is 10.0. The van der Waals surface area contributed by atoms with Gasteiger partial charge in [-0.3, -0.25) is 9.78 Å². The summed E-state index contributed by atoms with van der Waals surface area (Å²) in [4.78, 5) is 19.1. The third kappa shape index (κ3) is 4.98. The van der Waals surface area contributed by atoms with E-state index in [4.69, 9.17) is 10.5 Å². The molecule has 9 heteroatoms. The van der Waals surface area contributed by atoms with Gasteiger partial charge in [0, 0.05) is 12.2 Å². The molecular weight excluding hydrogens is 405 g/mol. The second-order valence-corrected chi connectivity index (χ2v) is 8.35. The Labute approximate surface area is 177 Å². The Balaban J connectivity index is 1.46. The van der Waals surface area contributed by atoms with E-state index in [2.05, 4.69) is 15.2 Å². The van der Waals surface area contributed by atoms with Gasteiger partial charge in [0.2, 0.25) is 11.0 Å². The number of aromatic nitrogens is 3. The maximum atomic E-state index is 13.2. The van der Waals surface area contributed by atoms with E-state index in [1.165, 1.54) is 23.5 Å². The number of nitrogen functional groups attached to an aromatic ring is 1. The minimum atomic E-state index is -0.297. The van der Waals surface area contributed by atoms with Crippen LogP contribution in [0.1, 0.15) is 33.6 Å². The fraction of sp³-hybridized carbons (Fsp3) is 0.333. The minimum absolute atomic E-state index is 0.0290. The van der Waals surface area contributed by atoms with E-state index in [1.807, 2.05) is 19.1 Å². The van der Waals surface area contributed by atoms with Crippen LogP contribution in [0.2, 0.25) is 0 Å². The number of amides is 1. The van der Waals surface area contributed by atoms with Gasteiger partial charge in [-0.15, -0.1) is 10.2 Å². The predicted octanol–water partition coefficient (Wildman–Crippen LogP) is 2.70. The van der Waals surface area contributed by atoms with Crippen LogP contribution < -0.4 is 5.73 Å². The number of aryl methyl sites for hydroxylation is 1. The Morgan fingerprint density at radius 2 is 2.07 bits per heavy atom. The molecule has 1 aliphatic heterocycles. The highest BCUT2D eigenvalue weighted by Gasteiger charge is 2.27. The maximum absolute atomic E-state index is 13.2. The Bertz CT molecular complexity index is 1040. The second-order valence-electron chi connectivity index (χ2n) is 7.25. The summed E-state index contributed by atoms with van der Waals surface area (Å²) >= 11 is 1.22. The van der Waals surface area contributed by atoms with Crippen molar-refractivity contribution in [1.29, 1.82) is 0 Å². The molecule has 3 aromatic rings. The summed E-state index contributed by atoms with van der Waals surface area (Å²) in [5.74, 6) is -0.277. The van der Waals surface area contributed by atoms with Crippen LogP contribution in [0.5, 0.6) is 0 Å². The van der Waals surface area contributed by atoms with Crippen LogP contribution in [0.4, 0.5) is 9.52 Å². The van der Waals surface area contributed by atoms with Crippen molar-refractivity contribution in [3.05, 3.63) is 69.7 Å². The first-order chi connectivity index (χ1) is 14.5. The summed E-state index contributed by atoms with van der Waals surface area (Å²) in [5, 5.41) is 8.65. The Hall–Kier alpha value is -2.91. The van der Waals surface area contributed by atoms with Crippen LogP contribution >= 0.6 is 11.3 Å². The number of nitrogens with two attached hydrogens (primary N) is 1. The number of pyridine rings is 1. The average molecular weight is 428 g/mol. The molecule has 30 heavy (non-hydrogen) atoms. The van der Waals surface area contributed by atoms with Crippen molar-refractivity contribution in [2.24, 2.45) is 0 Å². The molecule has 0 aliphatic carbocycles. The molecule has 3 heterocycles. The summed E-state index contributed by atoms with van der Waals surface area (Å²) < 4.78 is 19.1. The van der Waals surface area contributed by atoms with Crippen LogP contribution in [0.25, 0.3) is 0 Å². The normalized spacial score (nSPS) is 16.6. The SMILES string of the molecule is Cc1cc(Cc2ccc(F)cc2)cc([C@H]2CN(C(=O)Cc3nnc(N)s3)CCO2)n1. The Kier molecular flexibility index (Phi) is 6.01. The van der Waals surface area contributed by atoms with E-state index in [0.717, 1.165) is 22.5 Å². The minimum Gasteiger partial charge on any atom is -0.374 e. The van der Waals surface area contributed by atoms with Crippen LogP contribution in [0, 0.1) is 12.7 Å². The number of rotatable bonds is 5. The number of ether oxygens (including phenoxy) is 1. The molecule has 1 aromatic carbocycles. The van der Waals surface area contributed by atoms with Gasteiger partial charge in [0.15, 0.2) is 0 Å². The van der Waals surface area contributed by atoms with Crippen molar-refractivity contribution in [2.75, 3.05) is 25.4 Å². The molecule has 0 unspecified atom stereocenters.